The van der Waals surface area contributed by atoms with Crippen LogP contribution in [0.25, 0.3) is 21.5 Å². The van der Waals surface area contributed by atoms with E-state index in [0.29, 0.717) is 16.1 Å². The molecule has 0 atom stereocenters. The molecule has 1 saturated heterocycles. The average Bonchev–Trinajstić information content (AvgIpc) is 3.04. The van der Waals surface area contributed by atoms with E-state index in [1.807, 2.05) is 18.0 Å². The van der Waals surface area contributed by atoms with E-state index >= 15 is 0 Å². The molecule has 0 N–H and O–H groups in total. The van der Waals surface area contributed by atoms with Crippen LogP contribution in [-0.2, 0) is 7.05 Å². The minimum atomic E-state index is -0.297. The molecule has 1 aromatic carbocycles. The lowest BCUT2D eigenvalue weighted by atomic mass is 10.1. The van der Waals surface area contributed by atoms with Crippen molar-refractivity contribution in [2.24, 2.45) is 7.05 Å². The van der Waals surface area contributed by atoms with Gasteiger partial charge in [-0.15, -0.1) is 11.3 Å². The van der Waals surface area contributed by atoms with Crippen molar-refractivity contribution in [2.75, 3.05) is 13.1 Å². The number of amides is 1. The number of aromatic nitrogens is 2. The van der Waals surface area contributed by atoms with Crippen LogP contribution >= 0.6 is 11.3 Å². The number of nitrogens with zero attached hydrogens (tertiary/aromatic N) is 3. The normalized spacial score (nSPS) is 15.5. The lowest BCUT2D eigenvalue weighted by Gasteiger charge is -2.19. The van der Waals surface area contributed by atoms with E-state index < -0.39 is 0 Å². The first-order valence-corrected chi connectivity index (χ1v) is 9.47. The van der Waals surface area contributed by atoms with Gasteiger partial charge in [0, 0.05) is 31.1 Å². The Hall–Kier alpha value is -2.21. The van der Waals surface area contributed by atoms with Gasteiger partial charge < -0.3 is 4.90 Å². The molecule has 0 aliphatic carbocycles. The Morgan fingerprint density at radius 3 is 2.60 bits per heavy atom. The first-order valence-electron chi connectivity index (χ1n) is 8.66. The van der Waals surface area contributed by atoms with Crippen molar-refractivity contribution in [3.05, 3.63) is 41.0 Å². The number of hydrogen-bond donors (Lipinski definition) is 0. The van der Waals surface area contributed by atoms with Gasteiger partial charge >= 0.3 is 0 Å². The fourth-order valence-electron chi connectivity index (χ4n) is 3.43. The Balaban J connectivity index is 1.74. The fourth-order valence-corrected chi connectivity index (χ4v) is 4.47. The molecule has 3 heterocycles. The van der Waals surface area contributed by atoms with E-state index in [4.69, 9.17) is 0 Å². The van der Waals surface area contributed by atoms with Gasteiger partial charge in [0.1, 0.15) is 16.3 Å². The van der Waals surface area contributed by atoms with Gasteiger partial charge in [-0.2, -0.15) is 5.10 Å². The zero-order valence-corrected chi connectivity index (χ0v) is 15.0. The molecule has 25 heavy (non-hydrogen) atoms. The van der Waals surface area contributed by atoms with Crippen molar-refractivity contribution >= 4 is 27.5 Å². The standard InChI is InChI=1S/C19H20FN3OS/c1-22-19-14(17(21-22)13-8-4-5-9-15(13)20)12-16(25-19)18(24)23-10-6-2-3-7-11-23/h4-5,8-9,12H,2-3,6-7,10-11H2,1H3. The van der Waals surface area contributed by atoms with E-state index in [0.717, 1.165) is 36.1 Å². The summed E-state index contributed by atoms with van der Waals surface area (Å²) in [5.41, 5.74) is 1.07. The van der Waals surface area contributed by atoms with Crippen LogP contribution in [0.5, 0.6) is 0 Å². The van der Waals surface area contributed by atoms with Crippen molar-refractivity contribution in [3.8, 4) is 11.3 Å². The molecule has 4 rings (SSSR count). The minimum absolute atomic E-state index is 0.0857. The summed E-state index contributed by atoms with van der Waals surface area (Å²) in [6.07, 6.45) is 4.52. The van der Waals surface area contributed by atoms with Crippen LogP contribution in [0, 0.1) is 5.82 Å². The number of halogens is 1. The van der Waals surface area contributed by atoms with Gasteiger partial charge in [-0.25, -0.2) is 4.39 Å². The molecule has 4 nitrogen and oxygen atoms in total. The maximum absolute atomic E-state index is 14.2. The average molecular weight is 357 g/mol. The molecule has 3 aromatic rings. The lowest BCUT2D eigenvalue weighted by molar-refractivity contribution is 0.0766. The molecule has 1 fully saturated rings. The molecular formula is C19H20FN3OS. The highest BCUT2D eigenvalue weighted by molar-refractivity contribution is 7.20. The van der Waals surface area contributed by atoms with Crippen LogP contribution in [0.15, 0.2) is 30.3 Å². The summed E-state index contributed by atoms with van der Waals surface area (Å²) in [5.74, 6) is -0.211. The lowest BCUT2D eigenvalue weighted by Crippen LogP contribution is -2.31. The second kappa shape index (κ2) is 6.59. The van der Waals surface area contributed by atoms with E-state index in [1.54, 1.807) is 22.9 Å². The molecule has 1 aliphatic rings. The molecule has 1 aliphatic heterocycles. The highest BCUT2D eigenvalue weighted by Gasteiger charge is 2.23. The third kappa shape index (κ3) is 2.95. The third-order valence-electron chi connectivity index (χ3n) is 4.74. The third-order valence-corrected chi connectivity index (χ3v) is 5.93. The van der Waals surface area contributed by atoms with Gasteiger partial charge in [-0.3, -0.25) is 9.48 Å². The van der Waals surface area contributed by atoms with E-state index in [2.05, 4.69) is 5.10 Å². The van der Waals surface area contributed by atoms with Crippen LogP contribution in [0.2, 0.25) is 0 Å². The number of carbonyl (C=O) groups is 1. The molecule has 0 saturated carbocycles. The summed E-state index contributed by atoms with van der Waals surface area (Å²) in [7, 11) is 1.84. The Morgan fingerprint density at radius 2 is 1.88 bits per heavy atom. The zero-order valence-electron chi connectivity index (χ0n) is 14.2. The summed E-state index contributed by atoms with van der Waals surface area (Å²) in [6, 6.07) is 8.51. The van der Waals surface area contributed by atoms with Crippen LogP contribution in [0.1, 0.15) is 35.4 Å². The summed E-state index contributed by atoms with van der Waals surface area (Å²) < 4.78 is 15.9. The zero-order chi connectivity index (χ0) is 17.4. The Kier molecular flexibility index (Phi) is 4.29. The molecule has 130 valence electrons. The second-order valence-corrected chi connectivity index (χ2v) is 7.52. The van der Waals surface area contributed by atoms with Crippen molar-refractivity contribution in [3.63, 3.8) is 0 Å². The number of fused-ring (bicyclic) bond motifs is 1. The quantitative estimate of drug-likeness (QED) is 0.679. The molecule has 2 aromatic heterocycles. The van der Waals surface area contributed by atoms with Crippen LogP contribution < -0.4 is 0 Å². The van der Waals surface area contributed by atoms with Crippen molar-refractivity contribution in [1.82, 2.24) is 14.7 Å². The Bertz CT molecular complexity index is 922. The largest absolute Gasteiger partial charge is 0.338 e. The summed E-state index contributed by atoms with van der Waals surface area (Å²) in [6.45, 7) is 1.65. The van der Waals surface area contributed by atoms with Crippen molar-refractivity contribution in [1.29, 1.82) is 0 Å². The number of hydrogen-bond acceptors (Lipinski definition) is 3. The SMILES string of the molecule is Cn1nc(-c2ccccc2F)c2cc(C(=O)N3CCCCCC3)sc21. The van der Waals surface area contributed by atoms with Crippen molar-refractivity contribution in [2.45, 2.75) is 25.7 Å². The number of thiophene rings is 1. The number of likely N-dealkylation sites (tertiary alicyclic amines) is 1. The molecule has 1 amide bonds. The summed E-state index contributed by atoms with van der Waals surface area (Å²) in [5, 5.41) is 5.31. The smallest absolute Gasteiger partial charge is 0.264 e. The van der Waals surface area contributed by atoms with Crippen LogP contribution in [0.4, 0.5) is 4.39 Å². The number of aryl methyl sites for hydroxylation is 1. The summed E-state index contributed by atoms with van der Waals surface area (Å²) >= 11 is 1.44. The molecule has 6 heteroatoms. The Labute approximate surface area is 149 Å². The van der Waals surface area contributed by atoms with Crippen LogP contribution in [0.3, 0.4) is 0 Å². The first-order chi connectivity index (χ1) is 12.1. The van der Waals surface area contributed by atoms with Gasteiger partial charge in [0.15, 0.2) is 0 Å². The topological polar surface area (TPSA) is 38.1 Å². The predicted molar refractivity (Wildman–Crippen MR) is 98.4 cm³/mol. The molecule has 0 bridgehead atoms. The number of rotatable bonds is 2. The number of carbonyl (C=O) groups excluding carboxylic acids is 1. The van der Waals surface area contributed by atoms with E-state index in [1.165, 1.54) is 30.2 Å². The van der Waals surface area contributed by atoms with Gasteiger partial charge in [0.05, 0.1) is 4.88 Å². The van der Waals surface area contributed by atoms with Gasteiger partial charge in [0.2, 0.25) is 0 Å². The van der Waals surface area contributed by atoms with E-state index in [9.17, 15) is 9.18 Å². The molecular weight excluding hydrogens is 337 g/mol. The summed E-state index contributed by atoms with van der Waals surface area (Å²) in [4.78, 5) is 16.4. The minimum Gasteiger partial charge on any atom is -0.338 e. The predicted octanol–water partition coefficient (Wildman–Crippen LogP) is 4.46. The monoisotopic (exact) mass is 357 g/mol. The molecule has 0 radical (unpaired) electrons. The van der Waals surface area contributed by atoms with Gasteiger partial charge in [-0.1, -0.05) is 25.0 Å². The highest BCUT2D eigenvalue weighted by atomic mass is 32.1. The van der Waals surface area contributed by atoms with E-state index in [-0.39, 0.29) is 11.7 Å². The molecule has 0 spiro atoms. The van der Waals surface area contributed by atoms with Crippen molar-refractivity contribution < 1.29 is 9.18 Å². The maximum Gasteiger partial charge on any atom is 0.264 e. The second-order valence-electron chi connectivity index (χ2n) is 6.49. The maximum atomic E-state index is 14.2. The Morgan fingerprint density at radius 1 is 1.16 bits per heavy atom. The first kappa shape index (κ1) is 16.3. The molecule has 0 unspecified atom stereocenters. The highest BCUT2D eigenvalue weighted by Crippen LogP contribution is 2.35. The number of benzene rings is 1. The van der Waals surface area contributed by atoms with Gasteiger partial charge in [0.25, 0.3) is 5.91 Å². The van der Waals surface area contributed by atoms with Gasteiger partial charge in [-0.05, 0) is 31.0 Å². The fraction of sp³-hybridized carbons (Fsp3) is 0.368. The van der Waals surface area contributed by atoms with Crippen LogP contribution in [-0.4, -0.2) is 33.7 Å².